The molecule has 1 heterocycles. The number of rotatable bonds is 5. The minimum atomic E-state index is -3.54. The Morgan fingerprint density at radius 3 is 2.48 bits per heavy atom. The van der Waals surface area contributed by atoms with Gasteiger partial charge in [0.1, 0.15) is 5.78 Å². The van der Waals surface area contributed by atoms with E-state index in [2.05, 4.69) is 6.58 Å². The molecule has 4 nitrogen and oxygen atoms in total. The third kappa shape index (κ3) is 3.09. The van der Waals surface area contributed by atoms with Crippen molar-refractivity contribution in [2.24, 2.45) is 11.8 Å². The first-order valence-corrected chi connectivity index (χ1v) is 8.56. The summed E-state index contributed by atoms with van der Waals surface area (Å²) in [7, 11) is -3.54. The highest BCUT2D eigenvalue weighted by molar-refractivity contribution is 7.89. The van der Waals surface area contributed by atoms with Crippen molar-refractivity contribution in [1.29, 1.82) is 0 Å². The molecule has 0 saturated carbocycles. The molecule has 2 unspecified atom stereocenters. The van der Waals surface area contributed by atoms with E-state index < -0.39 is 10.0 Å². The standard InChI is InChI=1S/C16H21NO3S/c1-4-13-10-17(11-15(13)16(18)5-2)21(19,20)14-8-6-12(3)7-9-14/h4,6-9,13,15H,1,5,10-11H2,2-3H3. The van der Waals surface area contributed by atoms with Gasteiger partial charge in [-0.05, 0) is 19.1 Å². The van der Waals surface area contributed by atoms with E-state index in [1.807, 2.05) is 6.92 Å². The Morgan fingerprint density at radius 1 is 1.33 bits per heavy atom. The molecule has 5 heteroatoms. The van der Waals surface area contributed by atoms with Gasteiger partial charge >= 0.3 is 0 Å². The van der Waals surface area contributed by atoms with Crippen molar-refractivity contribution >= 4 is 15.8 Å². The zero-order valence-electron chi connectivity index (χ0n) is 12.5. The van der Waals surface area contributed by atoms with E-state index >= 15 is 0 Å². The SMILES string of the molecule is C=CC1CN(S(=O)(=O)c2ccc(C)cc2)CC1C(=O)CC. The smallest absolute Gasteiger partial charge is 0.243 e. The van der Waals surface area contributed by atoms with Crippen molar-refractivity contribution in [3.63, 3.8) is 0 Å². The maximum absolute atomic E-state index is 12.6. The molecule has 21 heavy (non-hydrogen) atoms. The van der Waals surface area contributed by atoms with E-state index in [1.54, 1.807) is 37.3 Å². The molecule has 1 fully saturated rings. The monoisotopic (exact) mass is 307 g/mol. The number of Topliss-reactive ketones (excluding diaryl/α,β-unsaturated/α-hetero) is 1. The predicted molar refractivity (Wildman–Crippen MR) is 82.4 cm³/mol. The van der Waals surface area contributed by atoms with Gasteiger partial charge in [-0.3, -0.25) is 4.79 Å². The van der Waals surface area contributed by atoms with E-state index in [0.29, 0.717) is 13.0 Å². The Morgan fingerprint density at radius 2 is 1.95 bits per heavy atom. The van der Waals surface area contributed by atoms with Gasteiger partial charge in [-0.15, -0.1) is 6.58 Å². The number of sulfonamides is 1. The Balaban J connectivity index is 2.28. The fraction of sp³-hybridized carbons (Fsp3) is 0.438. The summed E-state index contributed by atoms with van der Waals surface area (Å²) in [5, 5.41) is 0. The van der Waals surface area contributed by atoms with Crippen LogP contribution in [0.5, 0.6) is 0 Å². The lowest BCUT2D eigenvalue weighted by molar-refractivity contribution is -0.122. The predicted octanol–water partition coefficient (Wildman–Crippen LogP) is 2.40. The first kappa shape index (κ1) is 15.9. The Kier molecular flexibility index (Phi) is 4.64. The van der Waals surface area contributed by atoms with E-state index in [1.165, 1.54) is 4.31 Å². The van der Waals surface area contributed by atoms with Gasteiger partial charge in [0.15, 0.2) is 0 Å². The number of hydrogen-bond acceptors (Lipinski definition) is 3. The summed E-state index contributed by atoms with van der Waals surface area (Å²) in [4.78, 5) is 12.2. The fourth-order valence-corrected chi connectivity index (χ4v) is 4.19. The summed E-state index contributed by atoms with van der Waals surface area (Å²) in [6, 6.07) is 6.79. The van der Waals surface area contributed by atoms with Crippen LogP contribution in [0.15, 0.2) is 41.8 Å². The molecule has 0 amide bonds. The third-order valence-electron chi connectivity index (χ3n) is 4.06. The summed E-state index contributed by atoms with van der Waals surface area (Å²) in [6.07, 6.45) is 2.12. The highest BCUT2D eigenvalue weighted by atomic mass is 32.2. The molecule has 1 aromatic carbocycles. The first-order chi connectivity index (χ1) is 9.90. The molecule has 114 valence electrons. The lowest BCUT2D eigenvalue weighted by Crippen LogP contribution is -2.30. The molecule has 2 rings (SSSR count). The maximum atomic E-state index is 12.6. The van der Waals surface area contributed by atoms with Crippen molar-refractivity contribution in [1.82, 2.24) is 4.31 Å². The van der Waals surface area contributed by atoms with E-state index in [4.69, 9.17) is 0 Å². The van der Waals surface area contributed by atoms with E-state index in [0.717, 1.165) is 5.56 Å². The van der Waals surface area contributed by atoms with Gasteiger partial charge in [-0.2, -0.15) is 4.31 Å². The van der Waals surface area contributed by atoms with Gasteiger partial charge in [-0.25, -0.2) is 8.42 Å². The van der Waals surface area contributed by atoms with Gasteiger partial charge in [0, 0.05) is 31.3 Å². The molecule has 1 aliphatic rings. The molecule has 1 saturated heterocycles. The van der Waals surface area contributed by atoms with Gasteiger partial charge < -0.3 is 0 Å². The summed E-state index contributed by atoms with van der Waals surface area (Å²) in [5.41, 5.74) is 1.01. The summed E-state index contributed by atoms with van der Waals surface area (Å²) in [5.74, 6) is -0.271. The molecule has 0 radical (unpaired) electrons. The average molecular weight is 307 g/mol. The maximum Gasteiger partial charge on any atom is 0.243 e. The summed E-state index contributed by atoms with van der Waals surface area (Å²) < 4.78 is 26.7. The average Bonchev–Trinajstić information content (AvgIpc) is 2.92. The van der Waals surface area contributed by atoms with Crippen LogP contribution in [0.25, 0.3) is 0 Å². The second kappa shape index (κ2) is 6.12. The largest absolute Gasteiger partial charge is 0.299 e. The minimum absolute atomic E-state index is 0.0986. The number of hydrogen-bond donors (Lipinski definition) is 0. The Hall–Kier alpha value is -1.46. The van der Waals surface area contributed by atoms with Gasteiger partial charge in [0.25, 0.3) is 0 Å². The van der Waals surface area contributed by atoms with Crippen molar-refractivity contribution in [3.05, 3.63) is 42.5 Å². The molecular formula is C16H21NO3S. The lowest BCUT2D eigenvalue weighted by Gasteiger charge is -2.16. The van der Waals surface area contributed by atoms with Crippen LogP contribution in [0.3, 0.4) is 0 Å². The fourth-order valence-electron chi connectivity index (χ4n) is 2.69. The zero-order valence-corrected chi connectivity index (χ0v) is 13.3. The minimum Gasteiger partial charge on any atom is -0.299 e. The second-order valence-corrected chi connectivity index (χ2v) is 7.40. The topological polar surface area (TPSA) is 54.5 Å². The number of carbonyl (C=O) groups is 1. The highest BCUT2D eigenvalue weighted by Gasteiger charge is 2.40. The molecule has 0 N–H and O–H groups in total. The van der Waals surface area contributed by atoms with Crippen molar-refractivity contribution in [3.8, 4) is 0 Å². The molecule has 1 aliphatic heterocycles. The van der Waals surface area contributed by atoms with Crippen LogP contribution >= 0.6 is 0 Å². The van der Waals surface area contributed by atoms with Gasteiger partial charge in [0.05, 0.1) is 4.90 Å². The Bertz CT molecular complexity index is 634. The summed E-state index contributed by atoms with van der Waals surface area (Å²) >= 11 is 0. The normalized spacial score (nSPS) is 23.1. The van der Waals surface area contributed by atoms with Gasteiger partial charge in [0.2, 0.25) is 10.0 Å². The van der Waals surface area contributed by atoms with Crippen LogP contribution in [-0.2, 0) is 14.8 Å². The molecule has 0 aliphatic carbocycles. The Labute approximate surface area is 126 Å². The number of nitrogens with zero attached hydrogens (tertiary/aromatic N) is 1. The molecule has 0 bridgehead atoms. The molecule has 2 atom stereocenters. The van der Waals surface area contributed by atoms with Crippen molar-refractivity contribution in [2.45, 2.75) is 25.2 Å². The molecule has 0 spiro atoms. The third-order valence-corrected chi connectivity index (χ3v) is 5.90. The lowest BCUT2D eigenvalue weighted by atomic mass is 9.91. The van der Waals surface area contributed by atoms with Crippen LogP contribution in [-0.4, -0.2) is 31.6 Å². The number of carbonyl (C=O) groups excluding carboxylic acids is 1. The van der Waals surface area contributed by atoms with Crippen LogP contribution in [0.4, 0.5) is 0 Å². The molecule has 1 aromatic rings. The van der Waals surface area contributed by atoms with Crippen LogP contribution in [0.2, 0.25) is 0 Å². The quantitative estimate of drug-likeness (QED) is 0.785. The molecular weight excluding hydrogens is 286 g/mol. The van der Waals surface area contributed by atoms with Gasteiger partial charge in [-0.1, -0.05) is 30.7 Å². The van der Waals surface area contributed by atoms with Crippen LogP contribution in [0.1, 0.15) is 18.9 Å². The number of benzene rings is 1. The zero-order chi connectivity index (χ0) is 15.6. The van der Waals surface area contributed by atoms with E-state index in [-0.39, 0.29) is 29.1 Å². The van der Waals surface area contributed by atoms with Crippen molar-refractivity contribution < 1.29 is 13.2 Å². The van der Waals surface area contributed by atoms with Crippen molar-refractivity contribution in [2.75, 3.05) is 13.1 Å². The molecule has 0 aromatic heterocycles. The van der Waals surface area contributed by atoms with E-state index in [9.17, 15) is 13.2 Å². The van der Waals surface area contributed by atoms with Crippen LogP contribution in [0, 0.1) is 18.8 Å². The number of ketones is 1. The summed E-state index contributed by atoms with van der Waals surface area (Å²) in [6.45, 7) is 8.03. The number of aryl methyl sites for hydroxylation is 1. The first-order valence-electron chi connectivity index (χ1n) is 7.12. The van der Waals surface area contributed by atoms with Crippen LogP contribution < -0.4 is 0 Å². The highest BCUT2D eigenvalue weighted by Crippen LogP contribution is 2.30. The second-order valence-electron chi connectivity index (χ2n) is 5.46.